The third kappa shape index (κ3) is 7.88. The molecular formula is C7H18N3. The lowest BCUT2D eigenvalue weighted by molar-refractivity contribution is 0.616. The first kappa shape index (κ1) is 9.88. The average Bonchev–Trinajstić information content (AvgIpc) is 1.97. The Morgan fingerprint density at radius 1 is 1.00 bits per heavy atom. The topological polar surface area (TPSA) is 36.1 Å². The van der Waals surface area contributed by atoms with Crippen LogP contribution in [-0.2, 0) is 0 Å². The maximum atomic E-state index is 3.67. The zero-order valence-corrected chi connectivity index (χ0v) is 6.74. The summed E-state index contributed by atoms with van der Waals surface area (Å²) in [6.45, 7) is 8.58. The molecule has 0 fully saturated rings. The molecule has 3 nitrogen and oxygen atoms in total. The van der Waals surface area contributed by atoms with E-state index < -0.39 is 0 Å². The van der Waals surface area contributed by atoms with Crippen LogP contribution in [0.25, 0.3) is 0 Å². The molecule has 0 heterocycles. The summed E-state index contributed by atoms with van der Waals surface area (Å²) in [6.07, 6.45) is 0. The monoisotopic (exact) mass is 144 g/mol. The maximum Gasteiger partial charge on any atom is 0.00772 e. The Kier molecular flexibility index (Phi) is 8.77. The van der Waals surface area contributed by atoms with Gasteiger partial charge in [-0.25, -0.2) is 0 Å². The van der Waals surface area contributed by atoms with Gasteiger partial charge in [-0.3, -0.25) is 0 Å². The smallest absolute Gasteiger partial charge is 0.00772 e. The quantitative estimate of drug-likeness (QED) is 0.410. The van der Waals surface area contributed by atoms with E-state index in [-0.39, 0.29) is 0 Å². The molecule has 0 aromatic heterocycles. The zero-order valence-electron chi connectivity index (χ0n) is 6.74. The highest BCUT2D eigenvalue weighted by Gasteiger charge is 1.83. The fraction of sp³-hybridized carbons (Fsp3) is 0.857. The highest BCUT2D eigenvalue weighted by atomic mass is 15.0. The average molecular weight is 144 g/mol. The molecule has 0 aliphatic heterocycles. The molecule has 1 radical (unpaired) electrons. The molecule has 0 amide bonds. The molecule has 0 spiro atoms. The van der Waals surface area contributed by atoms with Crippen molar-refractivity contribution < 1.29 is 0 Å². The summed E-state index contributed by atoms with van der Waals surface area (Å²) in [4.78, 5) is 0. The van der Waals surface area contributed by atoms with Gasteiger partial charge in [-0.1, -0.05) is 0 Å². The third-order valence-corrected chi connectivity index (χ3v) is 1.21. The van der Waals surface area contributed by atoms with Crippen LogP contribution in [0.15, 0.2) is 0 Å². The molecule has 0 aliphatic rings. The van der Waals surface area contributed by atoms with E-state index in [4.69, 9.17) is 0 Å². The molecule has 0 saturated carbocycles. The molecule has 0 bridgehead atoms. The van der Waals surface area contributed by atoms with Crippen LogP contribution in [0.1, 0.15) is 0 Å². The molecular weight excluding hydrogens is 126 g/mol. The predicted octanol–water partition coefficient (Wildman–Crippen LogP) is -0.781. The van der Waals surface area contributed by atoms with Crippen molar-refractivity contribution in [2.24, 2.45) is 0 Å². The first-order valence-corrected chi connectivity index (χ1v) is 3.77. The van der Waals surface area contributed by atoms with Crippen molar-refractivity contribution >= 4 is 0 Å². The van der Waals surface area contributed by atoms with Gasteiger partial charge < -0.3 is 16.0 Å². The van der Waals surface area contributed by atoms with Crippen molar-refractivity contribution in [2.45, 2.75) is 0 Å². The van der Waals surface area contributed by atoms with Crippen molar-refractivity contribution in [1.29, 1.82) is 0 Å². The van der Waals surface area contributed by atoms with Gasteiger partial charge >= 0.3 is 0 Å². The molecule has 0 aromatic rings. The number of likely N-dealkylation sites (N-methyl/N-ethyl adjacent to an activating group) is 1. The van der Waals surface area contributed by atoms with E-state index in [1.165, 1.54) is 0 Å². The largest absolute Gasteiger partial charge is 0.318 e. The third-order valence-electron chi connectivity index (χ3n) is 1.21. The lowest BCUT2D eigenvalue weighted by atomic mass is 10.5. The summed E-state index contributed by atoms with van der Waals surface area (Å²) < 4.78 is 0. The Hall–Kier alpha value is -0.120. The Morgan fingerprint density at radius 2 is 1.60 bits per heavy atom. The molecule has 61 valence electrons. The standard InChI is InChI=1S/C7H18N3/c1-3-9-6-7-10-5-4-8-2/h8-10H,1,3-7H2,2H3. The molecule has 0 atom stereocenters. The van der Waals surface area contributed by atoms with Crippen LogP contribution in [0.5, 0.6) is 0 Å². The van der Waals surface area contributed by atoms with E-state index in [0.29, 0.717) is 0 Å². The van der Waals surface area contributed by atoms with E-state index in [1.807, 2.05) is 7.05 Å². The molecule has 0 aliphatic carbocycles. The molecule has 10 heavy (non-hydrogen) atoms. The maximum absolute atomic E-state index is 3.67. The fourth-order valence-corrected chi connectivity index (χ4v) is 0.640. The summed E-state index contributed by atoms with van der Waals surface area (Å²) in [5, 5.41) is 9.46. The zero-order chi connectivity index (χ0) is 7.66. The Labute approximate surface area is 63.6 Å². The van der Waals surface area contributed by atoms with E-state index in [0.717, 1.165) is 32.7 Å². The number of hydrogen-bond donors (Lipinski definition) is 3. The molecule has 3 heteroatoms. The van der Waals surface area contributed by atoms with Crippen molar-refractivity contribution in [2.75, 3.05) is 39.8 Å². The SMILES string of the molecule is [CH2]CNCCNCCNC. The summed E-state index contributed by atoms with van der Waals surface area (Å²) in [5.41, 5.74) is 0. The van der Waals surface area contributed by atoms with Crippen molar-refractivity contribution in [3.8, 4) is 0 Å². The molecule has 3 N–H and O–H groups in total. The molecule has 0 aromatic carbocycles. The molecule has 0 saturated heterocycles. The summed E-state index contributed by atoms with van der Waals surface area (Å²) >= 11 is 0. The van der Waals surface area contributed by atoms with Crippen molar-refractivity contribution in [1.82, 2.24) is 16.0 Å². The van der Waals surface area contributed by atoms with Gasteiger partial charge in [-0.15, -0.1) is 0 Å². The lowest BCUT2D eigenvalue weighted by Gasteiger charge is -2.03. The highest BCUT2D eigenvalue weighted by Crippen LogP contribution is 1.58. The normalized spacial score (nSPS) is 10.2. The fourth-order valence-electron chi connectivity index (χ4n) is 0.640. The van der Waals surface area contributed by atoms with Crippen LogP contribution < -0.4 is 16.0 Å². The first-order chi connectivity index (χ1) is 4.91. The minimum atomic E-state index is 0.813. The lowest BCUT2D eigenvalue weighted by Crippen LogP contribution is -2.31. The minimum absolute atomic E-state index is 0.813. The van der Waals surface area contributed by atoms with E-state index in [9.17, 15) is 0 Å². The van der Waals surface area contributed by atoms with E-state index in [2.05, 4.69) is 22.9 Å². The van der Waals surface area contributed by atoms with Gasteiger partial charge in [-0.2, -0.15) is 0 Å². The summed E-state index contributed by atoms with van der Waals surface area (Å²) in [5.74, 6) is 0. The van der Waals surface area contributed by atoms with Crippen LogP contribution in [0.4, 0.5) is 0 Å². The van der Waals surface area contributed by atoms with Gasteiger partial charge in [0, 0.05) is 26.2 Å². The highest BCUT2D eigenvalue weighted by molar-refractivity contribution is 4.53. The second kappa shape index (κ2) is 8.88. The summed E-state index contributed by atoms with van der Waals surface area (Å²) in [6, 6.07) is 0. The Morgan fingerprint density at radius 3 is 2.20 bits per heavy atom. The van der Waals surface area contributed by atoms with Crippen LogP contribution in [-0.4, -0.2) is 39.8 Å². The number of hydrogen-bond acceptors (Lipinski definition) is 3. The van der Waals surface area contributed by atoms with Gasteiger partial charge in [0.15, 0.2) is 0 Å². The van der Waals surface area contributed by atoms with E-state index >= 15 is 0 Å². The van der Waals surface area contributed by atoms with Crippen LogP contribution in [0.2, 0.25) is 0 Å². The van der Waals surface area contributed by atoms with Gasteiger partial charge in [0.25, 0.3) is 0 Å². The summed E-state index contributed by atoms with van der Waals surface area (Å²) in [7, 11) is 1.95. The van der Waals surface area contributed by atoms with E-state index in [1.54, 1.807) is 0 Å². The number of nitrogens with one attached hydrogen (secondary N) is 3. The Bertz CT molecular complexity index is 48.8. The van der Waals surface area contributed by atoms with Gasteiger partial charge in [0.1, 0.15) is 0 Å². The predicted molar refractivity (Wildman–Crippen MR) is 45.0 cm³/mol. The second-order valence-electron chi connectivity index (χ2n) is 2.10. The minimum Gasteiger partial charge on any atom is -0.318 e. The first-order valence-electron chi connectivity index (χ1n) is 3.77. The second-order valence-corrected chi connectivity index (χ2v) is 2.10. The van der Waals surface area contributed by atoms with Crippen LogP contribution in [0.3, 0.4) is 0 Å². The molecule has 0 rings (SSSR count). The van der Waals surface area contributed by atoms with Crippen LogP contribution >= 0.6 is 0 Å². The number of rotatable bonds is 7. The van der Waals surface area contributed by atoms with Crippen LogP contribution in [0, 0.1) is 6.92 Å². The van der Waals surface area contributed by atoms with Gasteiger partial charge in [0.05, 0.1) is 0 Å². The van der Waals surface area contributed by atoms with Gasteiger partial charge in [-0.05, 0) is 20.5 Å². The van der Waals surface area contributed by atoms with Gasteiger partial charge in [0.2, 0.25) is 0 Å². The van der Waals surface area contributed by atoms with Crippen molar-refractivity contribution in [3.05, 3.63) is 6.92 Å². The van der Waals surface area contributed by atoms with Crippen molar-refractivity contribution in [3.63, 3.8) is 0 Å². The Balaban J connectivity index is 2.65. The molecule has 0 unspecified atom stereocenters.